The van der Waals surface area contributed by atoms with Crippen molar-refractivity contribution >= 4 is 17.5 Å². The van der Waals surface area contributed by atoms with Crippen molar-refractivity contribution in [2.75, 3.05) is 11.4 Å². The van der Waals surface area contributed by atoms with E-state index in [-0.39, 0.29) is 17.8 Å². The molecule has 114 valence electrons. The zero-order chi connectivity index (χ0) is 15.9. The predicted octanol–water partition coefficient (Wildman–Crippen LogP) is 2.15. The Bertz CT molecular complexity index is 608. The van der Waals surface area contributed by atoms with Crippen LogP contribution < -0.4 is 10.2 Å². The molecule has 0 bridgehead atoms. The van der Waals surface area contributed by atoms with Crippen LogP contribution in [0.4, 0.5) is 14.5 Å². The van der Waals surface area contributed by atoms with Gasteiger partial charge in [-0.25, -0.2) is 8.78 Å². The summed E-state index contributed by atoms with van der Waals surface area (Å²) < 4.78 is 27.7. The van der Waals surface area contributed by atoms with Gasteiger partial charge in [0.15, 0.2) is 0 Å². The molecule has 1 aromatic rings. The standard InChI is InChI=1S/C15H18F2N2O2/c1-8-5-10(17)11(6-9(8)16)19-7-12(20)18-13(14(19)21)15(2,3)4/h5-6,13H,7H2,1-4H3,(H,18,20). The second-order valence-electron chi connectivity index (χ2n) is 6.34. The van der Waals surface area contributed by atoms with Gasteiger partial charge in [0, 0.05) is 6.07 Å². The maximum absolute atomic E-state index is 14.0. The second-order valence-corrected chi connectivity index (χ2v) is 6.34. The number of hydrogen-bond acceptors (Lipinski definition) is 2. The van der Waals surface area contributed by atoms with Gasteiger partial charge in [-0.2, -0.15) is 0 Å². The van der Waals surface area contributed by atoms with E-state index in [1.54, 1.807) is 20.8 Å². The smallest absolute Gasteiger partial charge is 0.250 e. The summed E-state index contributed by atoms with van der Waals surface area (Å²) in [6.45, 7) is 6.51. The first-order chi connectivity index (χ1) is 9.61. The van der Waals surface area contributed by atoms with Crippen molar-refractivity contribution in [3.05, 3.63) is 29.3 Å². The molecular weight excluding hydrogens is 278 g/mol. The zero-order valence-electron chi connectivity index (χ0n) is 12.5. The molecule has 0 saturated carbocycles. The lowest BCUT2D eigenvalue weighted by atomic mass is 9.84. The monoisotopic (exact) mass is 296 g/mol. The summed E-state index contributed by atoms with van der Waals surface area (Å²) in [5.74, 6) is -2.17. The maximum atomic E-state index is 14.0. The van der Waals surface area contributed by atoms with E-state index in [0.717, 1.165) is 17.0 Å². The predicted molar refractivity (Wildman–Crippen MR) is 74.8 cm³/mol. The highest BCUT2D eigenvalue weighted by atomic mass is 19.1. The van der Waals surface area contributed by atoms with E-state index in [4.69, 9.17) is 0 Å². The Labute approximate surface area is 122 Å². The summed E-state index contributed by atoms with van der Waals surface area (Å²) in [4.78, 5) is 25.3. The second kappa shape index (κ2) is 5.09. The molecule has 1 heterocycles. The van der Waals surface area contributed by atoms with Crippen molar-refractivity contribution in [1.29, 1.82) is 0 Å². The lowest BCUT2D eigenvalue weighted by Gasteiger charge is -2.38. The zero-order valence-corrected chi connectivity index (χ0v) is 12.5. The summed E-state index contributed by atoms with van der Waals surface area (Å²) in [7, 11) is 0. The summed E-state index contributed by atoms with van der Waals surface area (Å²) in [5.41, 5.74) is -0.574. The molecule has 1 N–H and O–H groups in total. The fourth-order valence-electron chi connectivity index (χ4n) is 2.28. The molecular formula is C15H18F2N2O2. The third-order valence-corrected chi connectivity index (χ3v) is 3.50. The Hall–Kier alpha value is -1.98. The molecule has 4 nitrogen and oxygen atoms in total. The molecule has 0 aromatic heterocycles. The SMILES string of the molecule is Cc1cc(F)c(N2CC(=O)NC(C(C)(C)C)C2=O)cc1F. The van der Waals surface area contributed by atoms with Crippen LogP contribution >= 0.6 is 0 Å². The topological polar surface area (TPSA) is 49.4 Å². The van der Waals surface area contributed by atoms with Gasteiger partial charge in [-0.05, 0) is 24.0 Å². The van der Waals surface area contributed by atoms with Gasteiger partial charge in [0.25, 0.3) is 5.91 Å². The molecule has 1 fully saturated rings. The largest absolute Gasteiger partial charge is 0.342 e. The number of hydrogen-bond donors (Lipinski definition) is 1. The number of anilines is 1. The van der Waals surface area contributed by atoms with E-state index in [2.05, 4.69) is 5.32 Å². The van der Waals surface area contributed by atoms with Gasteiger partial charge in [-0.1, -0.05) is 20.8 Å². The van der Waals surface area contributed by atoms with Crippen LogP contribution in [0.1, 0.15) is 26.3 Å². The third-order valence-electron chi connectivity index (χ3n) is 3.50. The van der Waals surface area contributed by atoms with Crippen molar-refractivity contribution in [3.63, 3.8) is 0 Å². The number of nitrogens with one attached hydrogen (secondary N) is 1. The van der Waals surface area contributed by atoms with Crippen LogP contribution in [0.5, 0.6) is 0 Å². The van der Waals surface area contributed by atoms with Crippen molar-refractivity contribution in [2.24, 2.45) is 5.41 Å². The molecule has 21 heavy (non-hydrogen) atoms. The first-order valence-corrected chi connectivity index (χ1v) is 6.67. The average Bonchev–Trinajstić information content (AvgIpc) is 2.35. The molecule has 2 rings (SSSR count). The number of amides is 2. The number of carbonyl (C=O) groups excluding carboxylic acids is 2. The number of rotatable bonds is 1. The fourth-order valence-corrected chi connectivity index (χ4v) is 2.28. The molecule has 1 atom stereocenters. The first-order valence-electron chi connectivity index (χ1n) is 6.67. The van der Waals surface area contributed by atoms with E-state index >= 15 is 0 Å². The van der Waals surface area contributed by atoms with Crippen LogP contribution in [0.25, 0.3) is 0 Å². The van der Waals surface area contributed by atoms with Gasteiger partial charge in [-0.15, -0.1) is 0 Å². The minimum atomic E-state index is -0.775. The quantitative estimate of drug-likeness (QED) is 0.863. The number of carbonyl (C=O) groups is 2. The van der Waals surface area contributed by atoms with E-state index in [1.165, 1.54) is 6.92 Å². The average molecular weight is 296 g/mol. The van der Waals surface area contributed by atoms with Crippen LogP contribution in [0.3, 0.4) is 0 Å². The summed E-state index contributed by atoms with van der Waals surface area (Å²) in [6.07, 6.45) is 0. The molecule has 1 unspecified atom stereocenters. The highest BCUT2D eigenvalue weighted by molar-refractivity contribution is 6.07. The number of aryl methyl sites for hydroxylation is 1. The van der Waals surface area contributed by atoms with Crippen LogP contribution in [0.2, 0.25) is 0 Å². The Morgan fingerprint density at radius 1 is 1.19 bits per heavy atom. The first kappa shape index (κ1) is 15.4. The highest BCUT2D eigenvalue weighted by Gasteiger charge is 2.41. The van der Waals surface area contributed by atoms with Crippen molar-refractivity contribution in [1.82, 2.24) is 5.32 Å². The summed E-state index contributed by atoms with van der Waals surface area (Å²) in [6, 6.07) is 1.21. The fraction of sp³-hybridized carbons (Fsp3) is 0.467. The number of piperazine rings is 1. The maximum Gasteiger partial charge on any atom is 0.250 e. The van der Waals surface area contributed by atoms with Crippen LogP contribution in [-0.4, -0.2) is 24.4 Å². The van der Waals surface area contributed by atoms with E-state index < -0.39 is 34.9 Å². The molecule has 0 aliphatic carbocycles. The van der Waals surface area contributed by atoms with E-state index in [1.807, 2.05) is 0 Å². The molecule has 1 aliphatic heterocycles. The van der Waals surface area contributed by atoms with E-state index in [9.17, 15) is 18.4 Å². The van der Waals surface area contributed by atoms with Crippen molar-refractivity contribution in [2.45, 2.75) is 33.7 Å². The van der Waals surface area contributed by atoms with Crippen LogP contribution in [-0.2, 0) is 9.59 Å². The molecule has 1 aromatic carbocycles. The third kappa shape index (κ3) is 2.89. The minimum Gasteiger partial charge on any atom is -0.342 e. The van der Waals surface area contributed by atoms with Gasteiger partial charge >= 0.3 is 0 Å². The molecule has 6 heteroatoms. The van der Waals surface area contributed by atoms with Gasteiger partial charge in [0.2, 0.25) is 5.91 Å². The van der Waals surface area contributed by atoms with Crippen molar-refractivity contribution in [3.8, 4) is 0 Å². The molecule has 0 radical (unpaired) electrons. The molecule has 1 aliphatic rings. The van der Waals surface area contributed by atoms with Gasteiger partial charge in [0.1, 0.15) is 24.2 Å². The van der Waals surface area contributed by atoms with Crippen LogP contribution in [0, 0.1) is 24.0 Å². The van der Waals surface area contributed by atoms with Gasteiger partial charge < -0.3 is 5.32 Å². The minimum absolute atomic E-state index is 0.150. The lowest BCUT2D eigenvalue weighted by Crippen LogP contribution is -2.62. The summed E-state index contributed by atoms with van der Waals surface area (Å²) >= 11 is 0. The van der Waals surface area contributed by atoms with Gasteiger partial charge in [0.05, 0.1) is 5.69 Å². The number of halogens is 2. The lowest BCUT2D eigenvalue weighted by molar-refractivity contribution is -0.133. The van der Waals surface area contributed by atoms with E-state index in [0.29, 0.717) is 0 Å². The Morgan fingerprint density at radius 2 is 1.81 bits per heavy atom. The number of benzene rings is 1. The van der Waals surface area contributed by atoms with Crippen molar-refractivity contribution < 1.29 is 18.4 Å². The Morgan fingerprint density at radius 3 is 2.38 bits per heavy atom. The molecule has 2 amide bonds. The van der Waals surface area contributed by atoms with Crippen LogP contribution in [0.15, 0.2) is 12.1 Å². The molecule has 1 saturated heterocycles. The highest BCUT2D eigenvalue weighted by Crippen LogP contribution is 2.29. The molecule has 0 spiro atoms. The van der Waals surface area contributed by atoms with Gasteiger partial charge in [-0.3, -0.25) is 14.5 Å². The Kier molecular flexibility index (Phi) is 3.74. The normalized spacial score (nSPS) is 19.7. The summed E-state index contributed by atoms with van der Waals surface area (Å²) in [5, 5.41) is 2.60. The number of nitrogens with zero attached hydrogens (tertiary/aromatic N) is 1. The Balaban J connectivity index is 2.45.